The Hall–Kier alpha value is -0.930. The monoisotopic (exact) mass is 205 g/mol. The Kier molecular flexibility index (Phi) is 2.45. The van der Waals surface area contributed by atoms with Gasteiger partial charge in [0.2, 0.25) is 0 Å². The van der Waals surface area contributed by atoms with Crippen molar-refractivity contribution < 1.29 is 9.90 Å². The molecule has 12 heavy (non-hydrogen) atoms. The Labute approximate surface area is 78.7 Å². The van der Waals surface area contributed by atoms with Crippen molar-refractivity contribution in [2.24, 2.45) is 5.73 Å². The van der Waals surface area contributed by atoms with Crippen LogP contribution in [0.1, 0.15) is 10.4 Å². The van der Waals surface area contributed by atoms with E-state index in [-0.39, 0.29) is 21.4 Å². The Morgan fingerprint density at radius 3 is 2.50 bits per heavy atom. The predicted molar refractivity (Wildman–Crippen MR) is 46.6 cm³/mol. The van der Waals surface area contributed by atoms with E-state index in [4.69, 9.17) is 28.9 Å². The van der Waals surface area contributed by atoms with Crippen molar-refractivity contribution in [3.8, 4) is 5.75 Å². The van der Waals surface area contributed by atoms with Crippen LogP contribution in [0.5, 0.6) is 5.75 Å². The number of primary amides is 1. The van der Waals surface area contributed by atoms with Crippen molar-refractivity contribution in [1.29, 1.82) is 0 Å². The van der Waals surface area contributed by atoms with Gasteiger partial charge in [0.1, 0.15) is 10.8 Å². The molecule has 3 nitrogen and oxygen atoms in total. The van der Waals surface area contributed by atoms with Gasteiger partial charge in [-0.25, -0.2) is 0 Å². The summed E-state index contributed by atoms with van der Waals surface area (Å²) in [6.07, 6.45) is 0. The summed E-state index contributed by atoms with van der Waals surface area (Å²) in [4.78, 5) is 10.6. The fourth-order valence-corrected chi connectivity index (χ4v) is 1.06. The maximum atomic E-state index is 10.6. The highest BCUT2D eigenvalue weighted by Crippen LogP contribution is 2.33. The van der Waals surface area contributed by atoms with Gasteiger partial charge in [-0.3, -0.25) is 4.79 Å². The standard InChI is InChI=1S/C7H5Cl2NO2/c8-4-2-1-3(7(10)12)6(11)5(4)9/h1-2,11H,(H2,10,12). The number of carbonyl (C=O) groups excluding carboxylic acids is 1. The molecular weight excluding hydrogens is 201 g/mol. The number of amides is 1. The highest BCUT2D eigenvalue weighted by atomic mass is 35.5. The molecule has 0 heterocycles. The lowest BCUT2D eigenvalue weighted by molar-refractivity contribution is 0.0998. The van der Waals surface area contributed by atoms with Gasteiger partial charge in [0.25, 0.3) is 5.91 Å². The molecule has 0 unspecified atom stereocenters. The Morgan fingerprint density at radius 1 is 1.42 bits per heavy atom. The lowest BCUT2D eigenvalue weighted by atomic mass is 10.2. The van der Waals surface area contributed by atoms with Gasteiger partial charge in [-0.15, -0.1) is 0 Å². The van der Waals surface area contributed by atoms with E-state index in [0.717, 1.165) is 0 Å². The minimum Gasteiger partial charge on any atom is -0.505 e. The molecule has 3 N–H and O–H groups in total. The predicted octanol–water partition coefficient (Wildman–Crippen LogP) is 1.80. The second kappa shape index (κ2) is 3.21. The van der Waals surface area contributed by atoms with Crippen molar-refractivity contribution in [2.45, 2.75) is 0 Å². The summed E-state index contributed by atoms with van der Waals surface area (Å²) in [5, 5.41) is 9.35. The van der Waals surface area contributed by atoms with Crippen molar-refractivity contribution in [2.75, 3.05) is 0 Å². The fraction of sp³-hybridized carbons (Fsp3) is 0. The van der Waals surface area contributed by atoms with E-state index in [1.807, 2.05) is 0 Å². The van der Waals surface area contributed by atoms with E-state index < -0.39 is 5.91 Å². The normalized spacial score (nSPS) is 9.83. The van der Waals surface area contributed by atoms with Crippen LogP contribution in [-0.4, -0.2) is 11.0 Å². The number of hydrogen-bond acceptors (Lipinski definition) is 2. The third-order valence-electron chi connectivity index (χ3n) is 1.33. The molecule has 1 rings (SSSR count). The topological polar surface area (TPSA) is 63.3 Å². The molecule has 0 radical (unpaired) electrons. The van der Waals surface area contributed by atoms with Crippen LogP contribution in [0, 0.1) is 0 Å². The number of carbonyl (C=O) groups is 1. The fourth-order valence-electron chi connectivity index (χ4n) is 0.739. The Balaban J connectivity index is 3.36. The van der Waals surface area contributed by atoms with Gasteiger partial charge in [0.05, 0.1) is 10.6 Å². The molecule has 0 bridgehead atoms. The molecule has 1 amide bonds. The zero-order chi connectivity index (χ0) is 9.30. The highest BCUT2D eigenvalue weighted by Gasteiger charge is 2.12. The average molecular weight is 206 g/mol. The first-order chi connectivity index (χ1) is 5.54. The first-order valence-electron chi connectivity index (χ1n) is 3.01. The number of rotatable bonds is 1. The molecular formula is C7H5Cl2NO2. The van der Waals surface area contributed by atoms with Crippen molar-refractivity contribution in [1.82, 2.24) is 0 Å². The highest BCUT2D eigenvalue weighted by molar-refractivity contribution is 6.43. The summed E-state index contributed by atoms with van der Waals surface area (Å²) in [5.41, 5.74) is 4.90. The van der Waals surface area contributed by atoms with E-state index in [0.29, 0.717) is 0 Å². The first-order valence-corrected chi connectivity index (χ1v) is 3.76. The molecule has 5 heteroatoms. The van der Waals surface area contributed by atoms with E-state index in [1.165, 1.54) is 12.1 Å². The molecule has 0 saturated carbocycles. The maximum Gasteiger partial charge on any atom is 0.252 e. The molecule has 64 valence electrons. The molecule has 0 aliphatic heterocycles. The largest absolute Gasteiger partial charge is 0.505 e. The van der Waals surface area contributed by atoms with Gasteiger partial charge in [0.15, 0.2) is 0 Å². The van der Waals surface area contributed by atoms with E-state index in [2.05, 4.69) is 0 Å². The van der Waals surface area contributed by atoms with Gasteiger partial charge in [-0.2, -0.15) is 0 Å². The number of phenols is 1. The van der Waals surface area contributed by atoms with Crippen molar-refractivity contribution in [3.63, 3.8) is 0 Å². The Bertz CT molecular complexity index is 338. The molecule has 0 aromatic heterocycles. The summed E-state index contributed by atoms with van der Waals surface area (Å²) in [6.45, 7) is 0. The van der Waals surface area contributed by atoms with Crippen LogP contribution >= 0.6 is 23.2 Å². The van der Waals surface area contributed by atoms with Crippen LogP contribution in [0.2, 0.25) is 10.0 Å². The summed E-state index contributed by atoms with van der Waals surface area (Å²) >= 11 is 11.1. The van der Waals surface area contributed by atoms with Gasteiger partial charge in [-0.1, -0.05) is 23.2 Å². The first kappa shape index (κ1) is 9.16. The number of hydrogen-bond donors (Lipinski definition) is 2. The van der Waals surface area contributed by atoms with Gasteiger partial charge >= 0.3 is 0 Å². The lowest BCUT2D eigenvalue weighted by Crippen LogP contribution is -2.11. The minimum atomic E-state index is -0.744. The summed E-state index contributed by atoms with van der Waals surface area (Å²) in [6, 6.07) is 2.70. The number of nitrogens with two attached hydrogens (primary N) is 1. The molecule has 0 saturated heterocycles. The lowest BCUT2D eigenvalue weighted by Gasteiger charge is -2.02. The summed E-state index contributed by atoms with van der Waals surface area (Å²) in [7, 11) is 0. The van der Waals surface area contributed by atoms with Gasteiger partial charge in [0, 0.05) is 0 Å². The number of aromatic hydroxyl groups is 1. The molecule has 0 aliphatic rings. The Morgan fingerprint density at radius 2 is 2.00 bits per heavy atom. The number of benzene rings is 1. The molecule has 0 spiro atoms. The molecule has 1 aromatic carbocycles. The van der Waals surface area contributed by atoms with Gasteiger partial charge < -0.3 is 10.8 Å². The smallest absolute Gasteiger partial charge is 0.252 e. The third-order valence-corrected chi connectivity index (χ3v) is 2.13. The number of halogens is 2. The van der Waals surface area contributed by atoms with E-state index >= 15 is 0 Å². The average Bonchev–Trinajstić information content (AvgIpc) is 2.00. The third kappa shape index (κ3) is 1.47. The van der Waals surface area contributed by atoms with E-state index in [1.54, 1.807) is 0 Å². The molecule has 0 aliphatic carbocycles. The second-order valence-electron chi connectivity index (χ2n) is 2.12. The van der Waals surface area contributed by atoms with Crippen LogP contribution in [0.15, 0.2) is 12.1 Å². The van der Waals surface area contributed by atoms with Crippen molar-refractivity contribution >= 4 is 29.1 Å². The second-order valence-corrected chi connectivity index (χ2v) is 2.91. The van der Waals surface area contributed by atoms with Gasteiger partial charge in [-0.05, 0) is 12.1 Å². The minimum absolute atomic E-state index is 0.0376. The van der Waals surface area contributed by atoms with Crippen LogP contribution in [0.25, 0.3) is 0 Å². The molecule has 0 fully saturated rings. The van der Waals surface area contributed by atoms with E-state index in [9.17, 15) is 9.90 Å². The van der Waals surface area contributed by atoms with Crippen LogP contribution in [-0.2, 0) is 0 Å². The summed E-state index contributed by atoms with van der Waals surface area (Å²) in [5.74, 6) is -1.12. The maximum absolute atomic E-state index is 10.6. The SMILES string of the molecule is NC(=O)c1ccc(Cl)c(Cl)c1O. The zero-order valence-electron chi connectivity index (χ0n) is 5.84. The zero-order valence-corrected chi connectivity index (χ0v) is 7.36. The quantitative estimate of drug-likeness (QED) is 0.735. The van der Waals surface area contributed by atoms with Crippen molar-refractivity contribution in [3.05, 3.63) is 27.7 Å². The van der Waals surface area contributed by atoms with Crippen LogP contribution in [0.3, 0.4) is 0 Å². The molecule has 1 aromatic rings. The van der Waals surface area contributed by atoms with Crippen LogP contribution in [0.4, 0.5) is 0 Å². The summed E-state index contributed by atoms with van der Waals surface area (Å²) < 4.78 is 0. The molecule has 0 atom stereocenters. The van der Waals surface area contributed by atoms with Crippen LogP contribution < -0.4 is 5.73 Å².